The van der Waals surface area contributed by atoms with Crippen LogP contribution in [0.3, 0.4) is 0 Å². The van der Waals surface area contributed by atoms with Crippen LogP contribution in [0.15, 0.2) is 0 Å². The molecule has 0 aromatic carbocycles. The number of ether oxygens (including phenoxy) is 2. The average molecular weight is 216 g/mol. The highest BCUT2D eigenvalue weighted by Gasteiger charge is 2.18. The molecule has 0 bridgehead atoms. The summed E-state index contributed by atoms with van der Waals surface area (Å²) in [6, 6.07) is 0. The van der Waals surface area contributed by atoms with Crippen LogP contribution in [-0.4, -0.2) is 25.7 Å². The van der Waals surface area contributed by atoms with Crippen LogP contribution >= 0.6 is 0 Å². The number of rotatable bonds is 7. The second-order valence-electron chi connectivity index (χ2n) is 3.39. The van der Waals surface area contributed by atoms with Gasteiger partial charge in [0.25, 0.3) is 0 Å². The Kier molecular flexibility index (Phi) is 7.68. The zero-order valence-corrected chi connectivity index (χ0v) is 9.75. The van der Waals surface area contributed by atoms with E-state index in [9.17, 15) is 9.59 Å². The molecule has 15 heavy (non-hydrogen) atoms. The zero-order chi connectivity index (χ0) is 11.7. The second-order valence-corrected chi connectivity index (χ2v) is 3.39. The lowest BCUT2D eigenvalue weighted by Gasteiger charge is -2.11. The van der Waals surface area contributed by atoms with Gasteiger partial charge in [-0.2, -0.15) is 0 Å². The van der Waals surface area contributed by atoms with Crippen LogP contribution in [0.4, 0.5) is 0 Å². The van der Waals surface area contributed by atoms with Crippen LogP contribution in [0.5, 0.6) is 0 Å². The van der Waals surface area contributed by atoms with E-state index in [-0.39, 0.29) is 24.3 Å². The van der Waals surface area contributed by atoms with Crippen molar-refractivity contribution < 1.29 is 19.1 Å². The largest absolute Gasteiger partial charge is 0.469 e. The molecule has 0 aromatic rings. The molecular formula is C11H20O4. The number of hydrogen-bond acceptors (Lipinski definition) is 4. The average Bonchev–Trinajstić information content (AvgIpc) is 2.26. The van der Waals surface area contributed by atoms with Crippen LogP contribution in [0.2, 0.25) is 0 Å². The third kappa shape index (κ3) is 6.10. The Bertz CT molecular complexity index is 201. The number of carbonyl (C=O) groups is 2. The first-order chi connectivity index (χ1) is 7.15. The van der Waals surface area contributed by atoms with Crippen LogP contribution in [0, 0.1) is 5.92 Å². The van der Waals surface area contributed by atoms with Crippen molar-refractivity contribution in [2.45, 2.75) is 39.5 Å². The highest BCUT2D eigenvalue weighted by Crippen LogP contribution is 2.13. The van der Waals surface area contributed by atoms with E-state index < -0.39 is 0 Å². The molecule has 0 aliphatic carbocycles. The molecule has 4 nitrogen and oxygen atoms in total. The van der Waals surface area contributed by atoms with Crippen molar-refractivity contribution in [2.24, 2.45) is 5.92 Å². The van der Waals surface area contributed by atoms with Gasteiger partial charge in [-0.25, -0.2) is 0 Å². The minimum atomic E-state index is -0.249. The second kappa shape index (κ2) is 8.26. The van der Waals surface area contributed by atoms with E-state index in [2.05, 4.69) is 4.74 Å². The van der Waals surface area contributed by atoms with Crippen molar-refractivity contribution in [1.29, 1.82) is 0 Å². The molecule has 0 aliphatic rings. The molecule has 1 unspecified atom stereocenters. The number of methoxy groups -OCH3 is 1. The minimum absolute atomic E-state index is 0.191. The lowest BCUT2D eigenvalue weighted by molar-refractivity contribution is -0.147. The highest BCUT2D eigenvalue weighted by atomic mass is 16.5. The van der Waals surface area contributed by atoms with Gasteiger partial charge < -0.3 is 9.47 Å². The van der Waals surface area contributed by atoms with E-state index in [1.54, 1.807) is 0 Å². The van der Waals surface area contributed by atoms with Gasteiger partial charge in [0.2, 0.25) is 0 Å². The summed E-state index contributed by atoms with van der Waals surface area (Å²) in [6.07, 6.45) is 2.30. The Labute approximate surface area is 90.9 Å². The number of hydrogen-bond donors (Lipinski definition) is 0. The lowest BCUT2D eigenvalue weighted by Crippen LogP contribution is -2.17. The van der Waals surface area contributed by atoms with Crippen molar-refractivity contribution in [1.82, 2.24) is 0 Å². The summed E-state index contributed by atoms with van der Waals surface area (Å²) in [5.74, 6) is -0.677. The van der Waals surface area contributed by atoms with E-state index in [0.29, 0.717) is 19.4 Å². The molecule has 0 fully saturated rings. The van der Waals surface area contributed by atoms with E-state index in [1.807, 2.05) is 13.8 Å². The monoisotopic (exact) mass is 216 g/mol. The first-order valence-electron chi connectivity index (χ1n) is 5.39. The van der Waals surface area contributed by atoms with Crippen molar-refractivity contribution in [3.63, 3.8) is 0 Å². The first kappa shape index (κ1) is 13.9. The van der Waals surface area contributed by atoms with Crippen LogP contribution in [-0.2, 0) is 19.1 Å². The molecule has 4 heteroatoms. The molecule has 0 saturated heterocycles. The van der Waals surface area contributed by atoms with E-state index in [0.717, 1.165) is 6.42 Å². The van der Waals surface area contributed by atoms with Gasteiger partial charge in [0.1, 0.15) is 0 Å². The molecule has 0 aromatic heterocycles. The summed E-state index contributed by atoms with van der Waals surface area (Å²) in [5, 5.41) is 0. The van der Waals surface area contributed by atoms with Crippen LogP contribution < -0.4 is 0 Å². The fourth-order valence-electron chi connectivity index (χ4n) is 1.24. The van der Waals surface area contributed by atoms with Gasteiger partial charge in [0.05, 0.1) is 19.6 Å². The molecule has 0 N–H and O–H groups in total. The Morgan fingerprint density at radius 2 is 1.93 bits per heavy atom. The van der Waals surface area contributed by atoms with Crippen molar-refractivity contribution in [3.8, 4) is 0 Å². The standard InChI is InChI=1S/C11H20O4/c1-4-8-15-10(12)7-6-9(5-2)11(13)14-3/h9H,4-8H2,1-3H3. The van der Waals surface area contributed by atoms with Gasteiger partial charge in [-0.1, -0.05) is 13.8 Å². The van der Waals surface area contributed by atoms with Gasteiger partial charge >= 0.3 is 11.9 Å². The minimum Gasteiger partial charge on any atom is -0.469 e. The molecule has 0 radical (unpaired) electrons. The lowest BCUT2D eigenvalue weighted by atomic mass is 10.0. The highest BCUT2D eigenvalue weighted by molar-refractivity contribution is 5.74. The third-order valence-electron chi connectivity index (χ3n) is 2.19. The smallest absolute Gasteiger partial charge is 0.308 e. The van der Waals surface area contributed by atoms with Crippen LogP contribution in [0.25, 0.3) is 0 Å². The van der Waals surface area contributed by atoms with Crippen molar-refractivity contribution >= 4 is 11.9 Å². The number of carbonyl (C=O) groups excluding carboxylic acids is 2. The van der Waals surface area contributed by atoms with Gasteiger partial charge in [-0.15, -0.1) is 0 Å². The molecule has 0 spiro atoms. The molecular weight excluding hydrogens is 196 g/mol. The van der Waals surface area contributed by atoms with Crippen LogP contribution in [0.1, 0.15) is 39.5 Å². The van der Waals surface area contributed by atoms with E-state index >= 15 is 0 Å². The summed E-state index contributed by atoms with van der Waals surface area (Å²) >= 11 is 0. The Morgan fingerprint density at radius 1 is 1.27 bits per heavy atom. The van der Waals surface area contributed by atoms with Crippen molar-refractivity contribution in [3.05, 3.63) is 0 Å². The molecule has 0 amide bonds. The Balaban J connectivity index is 3.80. The molecule has 0 rings (SSSR count). The summed E-state index contributed by atoms with van der Waals surface area (Å²) < 4.78 is 9.53. The summed E-state index contributed by atoms with van der Waals surface area (Å²) in [6.45, 7) is 4.30. The van der Waals surface area contributed by atoms with E-state index in [4.69, 9.17) is 4.74 Å². The molecule has 0 heterocycles. The maximum atomic E-state index is 11.2. The van der Waals surface area contributed by atoms with E-state index in [1.165, 1.54) is 7.11 Å². The predicted octanol–water partition coefficient (Wildman–Crippen LogP) is 1.92. The zero-order valence-electron chi connectivity index (χ0n) is 9.75. The summed E-state index contributed by atoms with van der Waals surface area (Å²) in [5.41, 5.74) is 0. The topological polar surface area (TPSA) is 52.6 Å². The fourth-order valence-corrected chi connectivity index (χ4v) is 1.24. The molecule has 0 saturated carbocycles. The normalized spacial score (nSPS) is 11.9. The van der Waals surface area contributed by atoms with Crippen molar-refractivity contribution in [2.75, 3.05) is 13.7 Å². The quantitative estimate of drug-likeness (QED) is 0.610. The summed E-state index contributed by atoms with van der Waals surface area (Å²) in [4.78, 5) is 22.4. The maximum Gasteiger partial charge on any atom is 0.308 e. The Morgan fingerprint density at radius 3 is 2.40 bits per heavy atom. The third-order valence-corrected chi connectivity index (χ3v) is 2.19. The van der Waals surface area contributed by atoms with Gasteiger partial charge in [-0.3, -0.25) is 9.59 Å². The van der Waals surface area contributed by atoms with Gasteiger partial charge in [0.15, 0.2) is 0 Å². The molecule has 0 aliphatic heterocycles. The molecule has 1 atom stereocenters. The summed E-state index contributed by atoms with van der Waals surface area (Å²) in [7, 11) is 1.36. The first-order valence-corrected chi connectivity index (χ1v) is 5.39. The Hall–Kier alpha value is -1.06. The maximum absolute atomic E-state index is 11.2. The van der Waals surface area contributed by atoms with Gasteiger partial charge in [0, 0.05) is 6.42 Å². The SMILES string of the molecule is CCCOC(=O)CCC(CC)C(=O)OC. The predicted molar refractivity (Wildman–Crippen MR) is 56.3 cm³/mol. The van der Waals surface area contributed by atoms with Gasteiger partial charge in [-0.05, 0) is 19.3 Å². The number of esters is 2. The molecule has 88 valence electrons. The fraction of sp³-hybridized carbons (Fsp3) is 0.818.